The molecular formula is C14H19ClN2O2. The molecule has 1 unspecified atom stereocenters. The maximum atomic E-state index is 11.9. The van der Waals surface area contributed by atoms with E-state index in [2.05, 4.69) is 11.8 Å². The molecule has 1 aromatic carbocycles. The van der Waals surface area contributed by atoms with Gasteiger partial charge in [-0.05, 0) is 31.4 Å². The summed E-state index contributed by atoms with van der Waals surface area (Å²) in [6.07, 6.45) is 3.26. The van der Waals surface area contributed by atoms with Crippen molar-refractivity contribution in [2.45, 2.75) is 32.2 Å². The van der Waals surface area contributed by atoms with Crippen LogP contribution in [-0.4, -0.2) is 25.7 Å². The number of ether oxygens (including phenoxy) is 1. The molecule has 1 fully saturated rings. The van der Waals surface area contributed by atoms with Crippen LogP contribution in [0.5, 0.6) is 0 Å². The van der Waals surface area contributed by atoms with Crippen LogP contribution in [0.15, 0.2) is 12.1 Å². The Balaban J connectivity index is 2.51. The van der Waals surface area contributed by atoms with Crippen molar-refractivity contribution in [1.29, 1.82) is 0 Å². The maximum absolute atomic E-state index is 11.9. The molecule has 104 valence electrons. The standard InChI is InChI=1S/C14H19ClN2O2/c1-3-10-5-4-6-17(10)13-11(14(18)19-2)7-9(16)8-12(13)15/h7-8,10H,3-6,16H2,1-2H3. The highest BCUT2D eigenvalue weighted by molar-refractivity contribution is 6.34. The molecule has 0 amide bonds. The largest absolute Gasteiger partial charge is 0.465 e. The normalized spacial score (nSPS) is 18.7. The average Bonchev–Trinajstić information content (AvgIpc) is 2.84. The predicted octanol–water partition coefficient (Wildman–Crippen LogP) is 3.09. The third kappa shape index (κ3) is 2.63. The molecule has 0 aliphatic carbocycles. The number of carbonyl (C=O) groups excluding carboxylic acids is 1. The summed E-state index contributed by atoms with van der Waals surface area (Å²) in [4.78, 5) is 14.1. The molecule has 0 aromatic heterocycles. The van der Waals surface area contributed by atoms with Crippen LogP contribution in [0.2, 0.25) is 5.02 Å². The first-order valence-electron chi connectivity index (χ1n) is 6.52. The number of methoxy groups -OCH3 is 1. The monoisotopic (exact) mass is 282 g/mol. The Morgan fingerprint density at radius 2 is 2.32 bits per heavy atom. The van der Waals surface area contributed by atoms with Crippen molar-refractivity contribution in [3.8, 4) is 0 Å². The SMILES string of the molecule is CCC1CCCN1c1c(Cl)cc(N)cc1C(=O)OC. The lowest BCUT2D eigenvalue weighted by molar-refractivity contribution is 0.0601. The predicted molar refractivity (Wildman–Crippen MR) is 77.9 cm³/mol. The average molecular weight is 283 g/mol. The van der Waals surface area contributed by atoms with Crippen molar-refractivity contribution >= 4 is 28.9 Å². The third-order valence-corrected chi connectivity index (χ3v) is 3.91. The van der Waals surface area contributed by atoms with E-state index in [4.69, 9.17) is 22.1 Å². The summed E-state index contributed by atoms with van der Waals surface area (Å²) < 4.78 is 4.84. The van der Waals surface area contributed by atoms with Gasteiger partial charge in [0, 0.05) is 18.3 Å². The van der Waals surface area contributed by atoms with Crippen LogP contribution in [0.3, 0.4) is 0 Å². The summed E-state index contributed by atoms with van der Waals surface area (Å²) >= 11 is 6.31. The number of halogens is 1. The minimum Gasteiger partial charge on any atom is -0.465 e. The maximum Gasteiger partial charge on any atom is 0.340 e. The summed E-state index contributed by atoms with van der Waals surface area (Å²) in [5.74, 6) is -0.397. The number of carbonyl (C=O) groups is 1. The topological polar surface area (TPSA) is 55.6 Å². The van der Waals surface area contributed by atoms with Gasteiger partial charge in [0.25, 0.3) is 0 Å². The lowest BCUT2D eigenvalue weighted by atomic mass is 10.1. The summed E-state index contributed by atoms with van der Waals surface area (Å²) in [5, 5.41) is 0.515. The molecule has 1 aliphatic rings. The van der Waals surface area contributed by atoms with Gasteiger partial charge in [0.1, 0.15) is 0 Å². The van der Waals surface area contributed by atoms with Crippen molar-refractivity contribution in [1.82, 2.24) is 0 Å². The third-order valence-electron chi connectivity index (χ3n) is 3.63. The van der Waals surface area contributed by atoms with Gasteiger partial charge in [-0.25, -0.2) is 4.79 Å². The van der Waals surface area contributed by atoms with Crippen molar-refractivity contribution < 1.29 is 9.53 Å². The molecule has 1 saturated heterocycles. The van der Waals surface area contributed by atoms with Crippen molar-refractivity contribution in [3.05, 3.63) is 22.7 Å². The molecule has 1 heterocycles. The van der Waals surface area contributed by atoms with Crippen LogP contribution >= 0.6 is 11.6 Å². The number of hydrogen-bond acceptors (Lipinski definition) is 4. The Bertz CT molecular complexity index is 491. The van der Waals surface area contributed by atoms with E-state index < -0.39 is 5.97 Å². The summed E-state index contributed by atoms with van der Waals surface area (Å²) in [6, 6.07) is 3.75. The Hall–Kier alpha value is -1.42. The second kappa shape index (κ2) is 5.70. The molecule has 1 atom stereocenters. The van der Waals surface area contributed by atoms with Crippen molar-refractivity contribution in [3.63, 3.8) is 0 Å². The first-order valence-corrected chi connectivity index (χ1v) is 6.90. The molecule has 2 N–H and O–H groups in total. The molecule has 1 aliphatic heterocycles. The molecule has 1 aromatic rings. The smallest absolute Gasteiger partial charge is 0.340 e. The molecule has 2 rings (SSSR count). The van der Waals surface area contributed by atoms with Gasteiger partial charge in [-0.1, -0.05) is 18.5 Å². The molecule has 19 heavy (non-hydrogen) atoms. The van der Waals surface area contributed by atoms with E-state index in [1.807, 2.05) is 0 Å². The zero-order valence-electron chi connectivity index (χ0n) is 11.3. The van der Waals surface area contributed by atoms with Gasteiger partial charge in [0.05, 0.1) is 23.4 Å². The molecule has 0 spiro atoms. The summed E-state index contributed by atoms with van der Waals surface area (Å²) in [7, 11) is 1.37. The van der Waals surface area contributed by atoms with E-state index in [1.165, 1.54) is 7.11 Å². The van der Waals surface area contributed by atoms with Gasteiger partial charge < -0.3 is 15.4 Å². The fourth-order valence-corrected chi connectivity index (χ4v) is 3.07. The zero-order valence-corrected chi connectivity index (χ0v) is 12.0. The van der Waals surface area contributed by atoms with E-state index in [0.29, 0.717) is 22.3 Å². The highest BCUT2D eigenvalue weighted by atomic mass is 35.5. The molecule has 4 nitrogen and oxygen atoms in total. The lowest BCUT2D eigenvalue weighted by Gasteiger charge is -2.28. The Labute approximate surface area is 118 Å². The number of rotatable bonds is 3. The van der Waals surface area contributed by atoms with Crippen molar-refractivity contribution in [2.24, 2.45) is 0 Å². The van der Waals surface area contributed by atoms with Crippen LogP contribution in [0, 0.1) is 0 Å². The minimum absolute atomic E-state index is 0.397. The Kier molecular flexibility index (Phi) is 4.20. The molecule has 5 heteroatoms. The number of anilines is 2. The van der Waals surface area contributed by atoms with Gasteiger partial charge in [-0.2, -0.15) is 0 Å². The van der Waals surface area contributed by atoms with Crippen LogP contribution in [-0.2, 0) is 4.74 Å². The molecular weight excluding hydrogens is 264 g/mol. The van der Waals surface area contributed by atoms with Gasteiger partial charge in [-0.3, -0.25) is 0 Å². The number of hydrogen-bond donors (Lipinski definition) is 1. The first-order chi connectivity index (χ1) is 9.08. The second-order valence-corrected chi connectivity index (χ2v) is 5.20. The van der Waals surface area contributed by atoms with Gasteiger partial charge >= 0.3 is 5.97 Å². The fraction of sp³-hybridized carbons (Fsp3) is 0.500. The number of nitrogens with two attached hydrogens (primary N) is 1. The van der Waals surface area contributed by atoms with E-state index in [9.17, 15) is 4.79 Å². The zero-order chi connectivity index (χ0) is 14.0. The van der Waals surface area contributed by atoms with Gasteiger partial charge in [0.2, 0.25) is 0 Å². The van der Waals surface area contributed by atoms with Crippen LogP contribution in [0.1, 0.15) is 36.5 Å². The number of nitrogens with zero attached hydrogens (tertiary/aromatic N) is 1. The van der Waals surface area contributed by atoms with E-state index in [-0.39, 0.29) is 0 Å². The lowest BCUT2D eigenvalue weighted by Crippen LogP contribution is -2.30. The van der Waals surface area contributed by atoms with Crippen LogP contribution in [0.25, 0.3) is 0 Å². The van der Waals surface area contributed by atoms with Crippen LogP contribution < -0.4 is 10.6 Å². The van der Waals surface area contributed by atoms with E-state index >= 15 is 0 Å². The Morgan fingerprint density at radius 3 is 2.95 bits per heavy atom. The van der Waals surface area contributed by atoms with Gasteiger partial charge in [-0.15, -0.1) is 0 Å². The summed E-state index contributed by atoms with van der Waals surface area (Å²) in [6.45, 7) is 3.05. The van der Waals surface area contributed by atoms with Gasteiger partial charge in [0.15, 0.2) is 0 Å². The molecule has 0 radical (unpaired) electrons. The quantitative estimate of drug-likeness (QED) is 0.684. The fourth-order valence-electron chi connectivity index (χ4n) is 2.73. The number of esters is 1. The van der Waals surface area contributed by atoms with E-state index in [1.54, 1.807) is 12.1 Å². The highest BCUT2D eigenvalue weighted by Gasteiger charge is 2.29. The minimum atomic E-state index is -0.397. The van der Waals surface area contributed by atoms with Crippen LogP contribution in [0.4, 0.5) is 11.4 Å². The van der Waals surface area contributed by atoms with Crippen molar-refractivity contribution in [2.75, 3.05) is 24.3 Å². The number of benzene rings is 1. The van der Waals surface area contributed by atoms with E-state index in [0.717, 1.165) is 31.5 Å². The summed E-state index contributed by atoms with van der Waals surface area (Å²) in [5.41, 5.74) is 7.46. The molecule has 0 saturated carbocycles. The first kappa shape index (κ1) is 14.0. The highest BCUT2D eigenvalue weighted by Crippen LogP contribution is 2.37. The second-order valence-electron chi connectivity index (χ2n) is 4.79. The Morgan fingerprint density at radius 1 is 1.58 bits per heavy atom. The molecule has 0 bridgehead atoms. The number of nitrogen functional groups attached to an aromatic ring is 1.